The Morgan fingerprint density at radius 3 is 2.79 bits per heavy atom. The molecule has 0 aromatic heterocycles. The molecule has 1 rings (SSSR count). The zero-order valence-corrected chi connectivity index (χ0v) is 11.6. The molecule has 0 bridgehead atoms. The summed E-state index contributed by atoms with van der Waals surface area (Å²) in [5, 5.41) is 12.1. The fraction of sp³-hybridized carbons (Fsp3) is 0.467. The van der Waals surface area contributed by atoms with E-state index in [0.29, 0.717) is 25.1 Å². The van der Waals surface area contributed by atoms with Crippen LogP contribution in [0.4, 0.5) is 0 Å². The van der Waals surface area contributed by atoms with Crippen LogP contribution in [0.2, 0.25) is 0 Å². The predicted octanol–water partition coefficient (Wildman–Crippen LogP) is 1.91. The lowest BCUT2D eigenvalue weighted by Gasteiger charge is -2.21. The summed E-state index contributed by atoms with van der Waals surface area (Å²) in [6.45, 7) is 3.99. The van der Waals surface area contributed by atoms with Crippen LogP contribution in [0, 0.1) is 11.3 Å². The van der Waals surface area contributed by atoms with Crippen molar-refractivity contribution in [2.75, 3.05) is 20.1 Å². The van der Waals surface area contributed by atoms with Crippen LogP contribution in [-0.4, -0.2) is 30.9 Å². The smallest absolute Gasteiger partial charge is 0.222 e. The number of hydrogen-bond acceptors (Lipinski definition) is 3. The van der Waals surface area contributed by atoms with Crippen molar-refractivity contribution in [2.24, 2.45) is 0 Å². The van der Waals surface area contributed by atoms with E-state index in [4.69, 9.17) is 5.26 Å². The SMILES string of the molecule is CCN(Cc1ccccc1C#N)C(=O)CCCNC. The van der Waals surface area contributed by atoms with Crippen molar-refractivity contribution in [1.82, 2.24) is 10.2 Å². The van der Waals surface area contributed by atoms with Gasteiger partial charge >= 0.3 is 0 Å². The Morgan fingerprint density at radius 2 is 2.16 bits per heavy atom. The molecule has 0 heterocycles. The van der Waals surface area contributed by atoms with Gasteiger partial charge in [-0.15, -0.1) is 0 Å². The zero-order valence-electron chi connectivity index (χ0n) is 11.6. The van der Waals surface area contributed by atoms with Gasteiger partial charge in [0.1, 0.15) is 0 Å². The minimum Gasteiger partial charge on any atom is -0.339 e. The van der Waals surface area contributed by atoms with Crippen molar-refractivity contribution < 1.29 is 4.79 Å². The van der Waals surface area contributed by atoms with Crippen molar-refractivity contribution in [3.63, 3.8) is 0 Å². The monoisotopic (exact) mass is 259 g/mol. The highest BCUT2D eigenvalue weighted by Crippen LogP contribution is 2.11. The average Bonchev–Trinajstić information content (AvgIpc) is 2.45. The molecular formula is C15H21N3O. The first-order valence-electron chi connectivity index (χ1n) is 6.63. The molecule has 0 aliphatic carbocycles. The van der Waals surface area contributed by atoms with E-state index in [1.54, 1.807) is 11.0 Å². The summed E-state index contributed by atoms with van der Waals surface area (Å²) in [6.07, 6.45) is 1.38. The fourth-order valence-electron chi connectivity index (χ4n) is 1.92. The third-order valence-electron chi connectivity index (χ3n) is 3.05. The highest BCUT2D eigenvalue weighted by atomic mass is 16.2. The van der Waals surface area contributed by atoms with Crippen molar-refractivity contribution >= 4 is 5.91 Å². The van der Waals surface area contributed by atoms with Gasteiger partial charge in [0.25, 0.3) is 0 Å². The van der Waals surface area contributed by atoms with Crippen molar-refractivity contribution in [1.29, 1.82) is 5.26 Å². The van der Waals surface area contributed by atoms with Crippen LogP contribution in [0.5, 0.6) is 0 Å². The molecule has 1 amide bonds. The number of rotatable bonds is 7. The maximum Gasteiger partial charge on any atom is 0.222 e. The molecule has 0 aliphatic heterocycles. The largest absolute Gasteiger partial charge is 0.339 e. The van der Waals surface area contributed by atoms with Crippen LogP contribution in [0.1, 0.15) is 30.9 Å². The highest BCUT2D eigenvalue weighted by molar-refractivity contribution is 5.76. The Kier molecular flexibility index (Phi) is 6.62. The van der Waals surface area contributed by atoms with Gasteiger partial charge in [-0.2, -0.15) is 5.26 Å². The van der Waals surface area contributed by atoms with Crippen LogP contribution in [0.25, 0.3) is 0 Å². The molecule has 1 N–H and O–H groups in total. The van der Waals surface area contributed by atoms with E-state index in [9.17, 15) is 4.79 Å². The summed E-state index contributed by atoms with van der Waals surface area (Å²) in [5.41, 5.74) is 1.55. The topological polar surface area (TPSA) is 56.1 Å². The molecule has 0 saturated carbocycles. The van der Waals surface area contributed by atoms with E-state index in [0.717, 1.165) is 18.5 Å². The third-order valence-corrected chi connectivity index (χ3v) is 3.05. The fourth-order valence-corrected chi connectivity index (χ4v) is 1.92. The average molecular weight is 259 g/mol. The van der Waals surface area contributed by atoms with Gasteiger partial charge in [0, 0.05) is 19.5 Å². The minimum atomic E-state index is 0.144. The molecule has 0 aliphatic rings. The summed E-state index contributed by atoms with van der Waals surface area (Å²) < 4.78 is 0. The first kappa shape index (κ1) is 15.2. The van der Waals surface area contributed by atoms with Gasteiger partial charge < -0.3 is 10.2 Å². The summed E-state index contributed by atoms with van der Waals surface area (Å²) in [6, 6.07) is 9.60. The molecule has 0 spiro atoms. The van der Waals surface area contributed by atoms with Crippen molar-refractivity contribution in [3.05, 3.63) is 35.4 Å². The molecule has 1 aromatic carbocycles. The van der Waals surface area contributed by atoms with Gasteiger partial charge in [-0.3, -0.25) is 4.79 Å². The number of nitrogens with zero attached hydrogens (tertiary/aromatic N) is 2. The van der Waals surface area contributed by atoms with Crippen LogP contribution >= 0.6 is 0 Å². The van der Waals surface area contributed by atoms with Gasteiger partial charge in [0.05, 0.1) is 11.6 Å². The van der Waals surface area contributed by atoms with Crippen molar-refractivity contribution in [3.8, 4) is 6.07 Å². The number of nitriles is 1. The normalized spacial score (nSPS) is 9.95. The van der Waals surface area contributed by atoms with E-state index in [1.807, 2.05) is 32.2 Å². The van der Waals surface area contributed by atoms with Gasteiger partial charge in [-0.05, 0) is 38.6 Å². The number of nitrogens with one attached hydrogen (secondary N) is 1. The Morgan fingerprint density at radius 1 is 1.42 bits per heavy atom. The number of carbonyl (C=O) groups is 1. The highest BCUT2D eigenvalue weighted by Gasteiger charge is 2.13. The molecule has 0 unspecified atom stereocenters. The quantitative estimate of drug-likeness (QED) is 0.761. The second-order valence-electron chi connectivity index (χ2n) is 4.38. The lowest BCUT2D eigenvalue weighted by Crippen LogP contribution is -2.30. The molecule has 4 nitrogen and oxygen atoms in total. The number of benzene rings is 1. The first-order valence-corrected chi connectivity index (χ1v) is 6.63. The molecule has 19 heavy (non-hydrogen) atoms. The van der Waals surface area contributed by atoms with Crippen LogP contribution in [0.3, 0.4) is 0 Å². The van der Waals surface area contributed by atoms with Crippen LogP contribution in [-0.2, 0) is 11.3 Å². The standard InChI is InChI=1S/C15H21N3O/c1-3-18(15(19)9-6-10-17-2)12-14-8-5-4-7-13(14)11-16/h4-5,7-8,17H,3,6,9-10,12H2,1-2H3. The van der Waals surface area contributed by atoms with Crippen LogP contribution in [0.15, 0.2) is 24.3 Å². The Bertz CT molecular complexity index is 451. The van der Waals surface area contributed by atoms with Crippen molar-refractivity contribution in [2.45, 2.75) is 26.3 Å². The number of hydrogen-bond donors (Lipinski definition) is 1. The molecule has 1 aromatic rings. The molecule has 0 radical (unpaired) electrons. The summed E-state index contributed by atoms with van der Waals surface area (Å²) in [7, 11) is 1.88. The van der Waals surface area contributed by atoms with Gasteiger partial charge in [-0.25, -0.2) is 0 Å². The Balaban J connectivity index is 2.66. The molecule has 102 valence electrons. The number of carbonyl (C=O) groups excluding carboxylic acids is 1. The van der Waals surface area contributed by atoms with Gasteiger partial charge in [-0.1, -0.05) is 18.2 Å². The van der Waals surface area contributed by atoms with Gasteiger partial charge in [0.2, 0.25) is 5.91 Å². The maximum atomic E-state index is 12.1. The van der Waals surface area contributed by atoms with Crippen LogP contribution < -0.4 is 5.32 Å². The Hall–Kier alpha value is -1.86. The number of amides is 1. The van der Waals surface area contributed by atoms with E-state index < -0.39 is 0 Å². The summed E-state index contributed by atoms with van der Waals surface area (Å²) in [5.74, 6) is 0.144. The zero-order chi connectivity index (χ0) is 14.1. The second kappa shape index (κ2) is 8.28. The predicted molar refractivity (Wildman–Crippen MR) is 75.4 cm³/mol. The third kappa shape index (κ3) is 4.72. The molecule has 0 saturated heterocycles. The van der Waals surface area contributed by atoms with E-state index in [2.05, 4.69) is 11.4 Å². The molecule has 4 heteroatoms. The minimum absolute atomic E-state index is 0.144. The Labute approximate surface area is 115 Å². The molecular weight excluding hydrogens is 238 g/mol. The van der Waals surface area contributed by atoms with Gasteiger partial charge in [0.15, 0.2) is 0 Å². The first-order chi connectivity index (χ1) is 9.22. The maximum absolute atomic E-state index is 12.1. The lowest BCUT2D eigenvalue weighted by molar-refractivity contribution is -0.131. The van der Waals surface area contributed by atoms with E-state index in [-0.39, 0.29) is 5.91 Å². The van der Waals surface area contributed by atoms with E-state index in [1.165, 1.54) is 0 Å². The second-order valence-corrected chi connectivity index (χ2v) is 4.38. The van der Waals surface area contributed by atoms with E-state index >= 15 is 0 Å². The summed E-state index contributed by atoms with van der Waals surface area (Å²) in [4.78, 5) is 13.9. The lowest BCUT2D eigenvalue weighted by atomic mass is 10.1. The molecule has 0 fully saturated rings. The molecule has 0 atom stereocenters. The summed E-state index contributed by atoms with van der Waals surface area (Å²) >= 11 is 0.